The monoisotopic (exact) mass is 469 g/mol. The average molecular weight is 470 g/mol. The van der Waals surface area contributed by atoms with Crippen LogP contribution in [-0.2, 0) is 16.6 Å². The number of carbonyl (C=O) groups is 1. The number of aryl methyl sites for hydroxylation is 3. The smallest absolute Gasteiger partial charge is 0.267 e. The summed E-state index contributed by atoms with van der Waals surface area (Å²) in [6, 6.07) is 3.19. The van der Waals surface area contributed by atoms with Gasteiger partial charge in [0.1, 0.15) is 14.8 Å². The predicted octanol–water partition coefficient (Wildman–Crippen LogP) is 4.17. The predicted molar refractivity (Wildman–Crippen MR) is 116 cm³/mol. The van der Waals surface area contributed by atoms with E-state index in [1.54, 1.807) is 13.8 Å². The summed E-state index contributed by atoms with van der Waals surface area (Å²) in [6.07, 6.45) is 0. The van der Waals surface area contributed by atoms with Gasteiger partial charge in [0.15, 0.2) is 5.76 Å². The number of nitrogens with zero attached hydrogens (tertiary/aromatic N) is 1. The van der Waals surface area contributed by atoms with Crippen molar-refractivity contribution in [2.75, 3.05) is 10.0 Å². The van der Waals surface area contributed by atoms with Crippen molar-refractivity contribution in [3.63, 3.8) is 0 Å². The summed E-state index contributed by atoms with van der Waals surface area (Å²) in [5, 5.41) is 17.5. The molecule has 0 aliphatic heterocycles. The van der Waals surface area contributed by atoms with Crippen LogP contribution in [0.2, 0.25) is 5.02 Å². The summed E-state index contributed by atoms with van der Waals surface area (Å²) < 4.78 is 32.8. The van der Waals surface area contributed by atoms with E-state index >= 15 is 0 Å². The van der Waals surface area contributed by atoms with Crippen molar-refractivity contribution >= 4 is 50.4 Å². The largest absolute Gasteiger partial charge is 0.392 e. The number of amides is 1. The van der Waals surface area contributed by atoms with E-state index in [2.05, 4.69) is 15.2 Å². The van der Waals surface area contributed by atoms with Gasteiger partial charge in [0.05, 0.1) is 6.61 Å². The molecule has 0 spiro atoms. The molecule has 3 rings (SSSR count). The number of hydrogen-bond donors (Lipinski definition) is 3. The molecule has 1 amide bonds. The number of aromatic nitrogens is 1. The van der Waals surface area contributed by atoms with Crippen LogP contribution in [0, 0.1) is 27.7 Å². The maximum atomic E-state index is 12.9. The van der Waals surface area contributed by atoms with Crippen molar-refractivity contribution in [1.29, 1.82) is 0 Å². The molecule has 3 N–H and O–H groups in total. The number of halogens is 1. The van der Waals surface area contributed by atoms with Gasteiger partial charge in [-0.3, -0.25) is 9.52 Å². The minimum Gasteiger partial charge on any atom is -0.392 e. The van der Waals surface area contributed by atoms with E-state index in [4.69, 9.17) is 16.1 Å². The van der Waals surface area contributed by atoms with E-state index in [9.17, 15) is 18.3 Å². The van der Waals surface area contributed by atoms with Crippen molar-refractivity contribution < 1.29 is 22.8 Å². The molecule has 0 atom stereocenters. The van der Waals surface area contributed by atoms with Gasteiger partial charge in [-0.25, -0.2) is 8.42 Å². The maximum absolute atomic E-state index is 12.9. The SMILES string of the molecule is Cc1cc(C)c(NC(=O)c2sccc2S(=O)(=O)Nc2noc(C)c2Cl)c(C)c1CO. The number of aliphatic hydroxyl groups is 1. The van der Waals surface area contributed by atoms with Gasteiger partial charge < -0.3 is 14.9 Å². The molecule has 0 aliphatic carbocycles. The maximum Gasteiger partial charge on any atom is 0.267 e. The van der Waals surface area contributed by atoms with Gasteiger partial charge in [-0.1, -0.05) is 22.8 Å². The molecule has 2 heterocycles. The van der Waals surface area contributed by atoms with Crippen LogP contribution in [0.3, 0.4) is 0 Å². The minimum atomic E-state index is -4.13. The number of rotatable bonds is 6. The number of anilines is 2. The Kier molecular flexibility index (Phi) is 6.23. The first-order valence-electron chi connectivity index (χ1n) is 8.80. The Morgan fingerprint density at radius 3 is 2.57 bits per heavy atom. The topological polar surface area (TPSA) is 122 Å². The highest BCUT2D eigenvalue weighted by atomic mass is 35.5. The van der Waals surface area contributed by atoms with Gasteiger partial charge in [-0.2, -0.15) is 0 Å². The number of sulfonamides is 1. The Hall–Kier alpha value is -2.40. The van der Waals surface area contributed by atoms with E-state index in [0.29, 0.717) is 11.3 Å². The van der Waals surface area contributed by atoms with Crippen molar-refractivity contribution in [2.45, 2.75) is 39.2 Å². The van der Waals surface area contributed by atoms with Crippen LogP contribution in [0.15, 0.2) is 26.9 Å². The standard InChI is InChI=1S/C19H20ClN3O5S2/c1-9-7-10(2)16(11(3)13(9)8-24)21-19(25)17-14(5-6-29-17)30(26,27)23-18-15(20)12(4)28-22-18/h5-7,24H,8H2,1-4H3,(H,21,25)(H,22,23). The second-order valence-corrected chi connectivity index (χ2v) is 9.67. The number of hydrogen-bond acceptors (Lipinski definition) is 7. The first-order valence-corrected chi connectivity index (χ1v) is 11.5. The number of carbonyl (C=O) groups excluding carboxylic acids is 1. The van der Waals surface area contributed by atoms with Gasteiger partial charge >= 0.3 is 0 Å². The molecule has 0 saturated carbocycles. The van der Waals surface area contributed by atoms with E-state index in [-0.39, 0.29) is 33.0 Å². The zero-order valence-electron chi connectivity index (χ0n) is 16.7. The summed E-state index contributed by atoms with van der Waals surface area (Å²) in [5.74, 6) is -0.459. The molecule has 0 fully saturated rings. The Labute approximate surface area is 182 Å². The summed E-state index contributed by atoms with van der Waals surface area (Å²) in [6.45, 7) is 6.89. The van der Waals surface area contributed by atoms with Crippen LogP contribution >= 0.6 is 22.9 Å². The molecule has 0 unspecified atom stereocenters. The third kappa shape index (κ3) is 4.08. The lowest BCUT2D eigenvalue weighted by Crippen LogP contribution is -2.19. The van der Waals surface area contributed by atoms with Crippen LogP contribution in [0.1, 0.15) is 37.7 Å². The third-order valence-corrected chi connectivity index (χ3v) is 7.54. The summed E-state index contributed by atoms with van der Waals surface area (Å²) in [4.78, 5) is 12.7. The van der Waals surface area contributed by atoms with E-state index in [1.165, 1.54) is 11.4 Å². The molecule has 11 heteroatoms. The molecule has 8 nitrogen and oxygen atoms in total. The lowest BCUT2D eigenvalue weighted by molar-refractivity contribution is 0.102. The Bertz CT molecular complexity index is 1230. The van der Waals surface area contributed by atoms with E-state index < -0.39 is 15.9 Å². The average Bonchev–Trinajstić information content (AvgIpc) is 3.28. The fourth-order valence-corrected chi connectivity index (χ4v) is 5.62. The number of nitrogens with one attached hydrogen (secondary N) is 2. The van der Waals surface area contributed by atoms with Crippen LogP contribution in [0.5, 0.6) is 0 Å². The van der Waals surface area contributed by atoms with Gasteiger partial charge in [0.2, 0.25) is 5.82 Å². The van der Waals surface area contributed by atoms with Crippen LogP contribution in [0.25, 0.3) is 0 Å². The van der Waals surface area contributed by atoms with Crippen molar-refractivity contribution in [2.24, 2.45) is 0 Å². The third-order valence-electron chi connectivity index (χ3n) is 4.67. The fraction of sp³-hybridized carbons (Fsp3) is 0.263. The molecular weight excluding hydrogens is 450 g/mol. The molecule has 2 aromatic heterocycles. The van der Waals surface area contributed by atoms with E-state index in [0.717, 1.165) is 28.0 Å². The summed E-state index contributed by atoms with van der Waals surface area (Å²) in [7, 11) is -4.13. The quantitative estimate of drug-likeness (QED) is 0.498. The first-order chi connectivity index (χ1) is 14.1. The normalized spacial score (nSPS) is 11.5. The molecule has 3 aromatic rings. The van der Waals surface area contributed by atoms with Crippen molar-refractivity contribution in [3.05, 3.63) is 55.4 Å². The number of aliphatic hydroxyl groups excluding tert-OH is 1. The zero-order chi connectivity index (χ0) is 22.2. The van der Waals surface area contributed by atoms with E-state index in [1.807, 2.05) is 19.9 Å². The lowest BCUT2D eigenvalue weighted by Gasteiger charge is -2.17. The molecule has 0 radical (unpaired) electrons. The van der Waals surface area contributed by atoms with Crippen molar-refractivity contribution in [1.82, 2.24) is 5.16 Å². The zero-order valence-corrected chi connectivity index (χ0v) is 19.0. The van der Waals surface area contributed by atoms with Crippen LogP contribution in [-0.4, -0.2) is 24.6 Å². The highest BCUT2D eigenvalue weighted by Crippen LogP contribution is 2.31. The Morgan fingerprint density at radius 2 is 1.97 bits per heavy atom. The molecule has 1 aromatic carbocycles. The lowest BCUT2D eigenvalue weighted by atomic mass is 9.97. The number of thiophene rings is 1. The molecule has 0 aliphatic rings. The second-order valence-electron chi connectivity index (χ2n) is 6.72. The second kappa shape index (κ2) is 8.38. The number of benzene rings is 1. The van der Waals surface area contributed by atoms with Gasteiger partial charge in [0, 0.05) is 5.69 Å². The van der Waals surface area contributed by atoms with Gasteiger partial charge in [-0.15, -0.1) is 11.3 Å². The fourth-order valence-electron chi connectivity index (χ4n) is 3.11. The molecular formula is C19H20ClN3O5S2. The molecule has 0 bridgehead atoms. The molecule has 0 saturated heterocycles. The van der Waals surface area contributed by atoms with Gasteiger partial charge in [-0.05, 0) is 61.4 Å². The summed E-state index contributed by atoms with van der Waals surface area (Å²) >= 11 is 6.97. The Morgan fingerprint density at radius 1 is 1.27 bits per heavy atom. The minimum absolute atomic E-state index is 0.00348. The molecule has 160 valence electrons. The van der Waals surface area contributed by atoms with Gasteiger partial charge in [0.25, 0.3) is 15.9 Å². The highest BCUT2D eigenvalue weighted by molar-refractivity contribution is 7.93. The molecule has 30 heavy (non-hydrogen) atoms. The first kappa shape index (κ1) is 22.3. The van der Waals surface area contributed by atoms with Crippen LogP contribution in [0.4, 0.5) is 11.5 Å². The van der Waals surface area contributed by atoms with Crippen molar-refractivity contribution in [3.8, 4) is 0 Å². The van der Waals surface area contributed by atoms with Crippen LogP contribution < -0.4 is 10.0 Å². The Balaban J connectivity index is 1.94. The summed E-state index contributed by atoms with van der Waals surface area (Å²) in [5.41, 5.74) is 3.70. The highest BCUT2D eigenvalue weighted by Gasteiger charge is 2.27.